The first-order valence-corrected chi connectivity index (χ1v) is 7.52. The summed E-state index contributed by atoms with van der Waals surface area (Å²) < 4.78 is 0. The number of halogens is 2. The van der Waals surface area contributed by atoms with Crippen LogP contribution in [-0.2, 0) is 0 Å². The molecule has 0 bridgehead atoms. The summed E-state index contributed by atoms with van der Waals surface area (Å²) in [4.78, 5) is 13.2. The molecule has 96 valence electrons. The Kier molecular flexibility index (Phi) is 3.57. The Hall–Kier alpha value is -0.960. The van der Waals surface area contributed by atoms with Crippen molar-refractivity contribution in [2.75, 3.05) is 0 Å². The fourth-order valence-electron chi connectivity index (χ4n) is 2.16. The Morgan fingerprint density at radius 3 is 2.42 bits per heavy atom. The van der Waals surface area contributed by atoms with Crippen LogP contribution in [0.5, 0.6) is 0 Å². The first-order chi connectivity index (χ1) is 9.13. The van der Waals surface area contributed by atoms with Gasteiger partial charge in [-0.15, -0.1) is 11.8 Å². The molecular formula is C15H10Cl2OS. The minimum atomic E-state index is 0.149. The molecule has 0 aliphatic carbocycles. The Bertz CT molecular complexity index is 637. The molecule has 0 N–H and O–H groups in total. The SMILES string of the molecule is O=C1CC(c2ccc(Cl)cc2)Sc2ccc(Cl)cc21. The topological polar surface area (TPSA) is 17.1 Å². The van der Waals surface area contributed by atoms with Crippen molar-refractivity contribution < 1.29 is 4.79 Å². The highest BCUT2D eigenvalue weighted by molar-refractivity contribution is 7.99. The van der Waals surface area contributed by atoms with Gasteiger partial charge in [-0.25, -0.2) is 0 Å². The van der Waals surface area contributed by atoms with Crippen LogP contribution >= 0.6 is 35.0 Å². The van der Waals surface area contributed by atoms with Crippen molar-refractivity contribution in [1.29, 1.82) is 0 Å². The molecule has 2 aromatic rings. The van der Waals surface area contributed by atoms with Gasteiger partial charge in [0.1, 0.15) is 0 Å². The summed E-state index contributed by atoms with van der Waals surface area (Å²) in [6, 6.07) is 13.2. The maximum Gasteiger partial charge on any atom is 0.165 e. The van der Waals surface area contributed by atoms with Crippen LogP contribution in [0.1, 0.15) is 27.6 Å². The smallest absolute Gasteiger partial charge is 0.165 e. The van der Waals surface area contributed by atoms with E-state index >= 15 is 0 Å². The molecule has 2 aromatic carbocycles. The van der Waals surface area contributed by atoms with Gasteiger partial charge < -0.3 is 0 Å². The lowest BCUT2D eigenvalue weighted by molar-refractivity contribution is 0.0976. The summed E-state index contributed by atoms with van der Waals surface area (Å²) in [5, 5.41) is 1.47. The molecule has 1 heterocycles. The van der Waals surface area contributed by atoms with Crippen LogP contribution in [0, 0.1) is 0 Å². The summed E-state index contributed by atoms with van der Waals surface area (Å²) in [5.74, 6) is 0.149. The van der Waals surface area contributed by atoms with Gasteiger partial charge >= 0.3 is 0 Å². The maximum atomic E-state index is 12.2. The zero-order chi connectivity index (χ0) is 13.4. The molecule has 0 saturated carbocycles. The van der Waals surface area contributed by atoms with E-state index in [4.69, 9.17) is 23.2 Å². The van der Waals surface area contributed by atoms with Gasteiger partial charge in [0.05, 0.1) is 0 Å². The molecular weight excluding hydrogens is 299 g/mol. The maximum absolute atomic E-state index is 12.2. The molecule has 1 aliphatic heterocycles. The van der Waals surface area contributed by atoms with Crippen molar-refractivity contribution in [3.05, 3.63) is 63.6 Å². The van der Waals surface area contributed by atoms with E-state index in [-0.39, 0.29) is 11.0 Å². The molecule has 1 nitrogen and oxygen atoms in total. The van der Waals surface area contributed by atoms with Crippen molar-refractivity contribution in [1.82, 2.24) is 0 Å². The standard InChI is InChI=1S/C15H10Cl2OS/c16-10-3-1-9(2-4-10)15-8-13(18)12-7-11(17)5-6-14(12)19-15/h1-7,15H,8H2. The second-order valence-electron chi connectivity index (χ2n) is 4.43. The number of hydrogen-bond donors (Lipinski definition) is 0. The average Bonchev–Trinajstić information content (AvgIpc) is 2.40. The van der Waals surface area contributed by atoms with Gasteiger partial charge in [0.25, 0.3) is 0 Å². The quantitative estimate of drug-likeness (QED) is 0.700. The number of carbonyl (C=O) groups excluding carboxylic acids is 1. The highest BCUT2D eigenvalue weighted by atomic mass is 35.5. The second-order valence-corrected chi connectivity index (χ2v) is 6.54. The number of hydrogen-bond acceptors (Lipinski definition) is 2. The van der Waals surface area contributed by atoms with Crippen molar-refractivity contribution >= 4 is 40.7 Å². The van der Waals surface area contributed by atoms with E-state index in [1.807, 2.05) is 36.4 Å². The Morgan fingerprint density at radius 1 is 1.00 bits per heavy atom. The van der Waals surface area contributed by atoms with Crippen LogP contribution in [0.2, 0.25) is 10.0 Å². The fraction of sp³-hybridized carbons (Fsp3) is 0.133. The molecule has 0 amide bonds. The van der Waals surface area contributed by atoms with Crippen molar-refractivity contribution in [3.63, 3.8) is 0 Å². The molecule has 0 saturated heterocycles. The van der Waals surface area contributed by atoms with Gasteiger partial charge in [-0.05, 0) is 35.9 Å². The number of benzene rings is 2. The highest BCUT2D eigenvalue weighted by Gasteiger charge is 2.26. The molecule has 3 rings (SSSR count). The number of Topliss-reactive ketones (excluding diaryl/α,β-unsaturated/α-hetero) is 1. The van der Waals surface area contributed by atoms with Gasteiger partial charge in [-0.1, -0.05) is 35.3 Å². The molecule has 1 atom stereocenters. The van der Waals surface area contributed by atoms with Gasteiger partial charge in [-0.3, -0.25) is 4.79 Å². The number of ketones is 1. The minimum Gasteiger partial charge on any atom is -0.294 e. The van der Waals surface area contributed by atoms with Crippen LogP contribution < -0.4 is 0 Å². The lowest BCUT2D eigenvalue weighted by Crippen LogP contribution is -2.12. The zero-order valence-corrected chi connectivity index (χ0v) is 12.2. The average molecular weight is 309 g/mol. The monoisotopic (exact) mass is 308 g/mol. The van der Waals surface area contributed by atoms with Crippen molar-refractivity contribution in [2.24, 2.45) is 0 Å². The number of thioether (sulfide) groups is 1. The molecule has 0 fully saturated rings. The number of rotatable bonds is 1. The van der Waals surface area contributed by atoms with E-state index in [1.165, 1.54) is 0 Å². The van der Waals surface area contributed by atoms with E-state index in [9.17, 15) is 4.79 Å². The van der Waals surface area contributed by atoms with Crippen molar-refractivity contribution in [2.45, 2.75) is 16.6 Å². The van der Waals surface area contributed by atoms with Gasteiger partial charge in [-0.2, -0.15) is 0 Å². The normalized spacial score (nSPS) is 18.2. The van der Waals surface area contributed by atoms with E-state index in [2.05, 4.69) is 0 Å². The van der Waals surface area contributed by atoms with Gasteiger partial charge in [0, 0.05) is 32.2 Å². The summed E-state index contributed by atoms with van der Waals surface area (Å²) in [7, 11) is 0. The summed E-state index contributed by atoms with van der Waals surface area (Å²) >= 11 is 13.5. The largest absolute Gasteiger partial charge is 0.294 e. The van der Waals surface area contributed by atoms with Crippen molar-refractivity contribution in [3.8, 4) is 0 Å². The molecule has 1 unspecified atom stereocenters. The van der Waals surface area contributed by atoms with Gasteiger partial charge in [0.2, 0.25) is 0 Å². The molecule has 0 radical (unpaired) electrons. The first kappa shape index (κ1) is 13.0. The predicted molar refractivity (Wildman–Crippen MR) is 80.4 cm³/mol. The summed E-state index contributed by atoms with van der Waals surface area (Å²) in [5.41, 5.74) is 1.87. The molecule has 19 heavy (non-hydrogen) atoms. The zero-order valence-electron chi connectivity index (χ0n) is 9.90. The lowest BCUT2D eigenvalue weighted by atomic mass is 10.0. The second kappa shape index (κ2) is 5.20. The molecule has 0 spiro atoms. The predicted octanol–water partition coefficient (Wildman–Crippen LogP) is 5.41. The van der Waals surface area contributed by atoms with Crippen LogP contribution in [-0.4, -0.2) is 5.78 Å². The molecule has 0 aromatic heterocycles. The van der Waals surface area contributed by atoms with Crippen LogP contribution in [0.4, 0.5) is 0 Å². The summed E-state index contributed by atoms with van der Waals surface area (Å²) in [6.45, 7) is 0. The van der Waals surface area contributed by atoms with E-state index in [0.717, 1.165) is 16.0 Å². The third-order valence-corrected chi connectivity index (χ3v) is 4.94. The Morgan fingerprint density at radius 2 is 1.68 bits per heavy atom. The highest BCUT2D eigenvalue weighted by Crippen LogP contribution is 2.45. The minimum absolute atomic E-state index is 0.149. The van der Waals surface area contributed by atoms with Crippen LogP contribution in [0.3, 0.4) is 0 Å². The third kappa shape index (κ3) is 2.66. The molecule has 4 heteroatoms. The number of carbonyl (C=O) groups is 1. The first-order valence-electron chi connectivity index (χ1n) is 5.88. The van der Waals surface area contributed by atoms with Gasteiger partial charge in [0.15, 0.2) is 5.78 Å². The van der Waals surface area contributed by atoms with E-state index in [0.29, 0.717) is 16.5 Å². The fourth-order valence-corrected chi connectivity index (χ4v) is 3.74. The third-order valence-electron chi connectivity index (χ3n) is 3.12. The lowest BCUT2D eigenvalue weighted by Gasteiger charge is -2.23. The van der Waals surface area contributed by atoms with Crippen LogP contribution in [0.15, 0.2) is 47.4 Å². The molecule has 1 aliphatic rings. The number of fused-ring (bicyclic) bond motifs is 1. The summed E-state index contributed by atoms with van der Waals surface area (Å²) in [6.07, 6.45) is 0.500. The Balaban J connectivity index is 1.95. The Labute approximate surface area is 125 Å². The van der Waals surface area contributed by atoms with Crippen LogP contribution in [0.25, 0.3) is 0 Å². The van der Waals surface area contributed by atoms with E-state index in [1.54, 1.807) is 17.8 Å². The van der Waals surface area contributed by atoms with E-state index < -0.39 is 0 Å².